The van der Waals surface area contributed by atoms with Crippen molar-refractivity contribution in [2.75, 3.05) is 0 Å². The molecular formula is C18H16FN3O3. The smallest absolute Gasteiger partial charge is 0.255 e. The fraction of sp³-hybridized carbons (Fsp3) is 0.111. The summed E-state index contributed by atoms with van der Waals surface area (Å²) in [5.41, 5.74) is 1.29. The van der Waals surface area contributed by atoms with Crippen molar-refractivity contribution in [2.45, 2.75) is 6.04 Å². The van der Waals surface area contributed by atoms with E-state index in [4.69, 9.17) is 0 Å². The molecule has 128 valence electrons. The highest BCUT2D eigenvalue weighted by atomic mass is 19.1. The van der Waals surface area contributed by atoms with Crippen molar-refractivity contribution in [1.82, 2.24) is 15.1 Å². The molecule has 3 rings (SSSR count). The van der Waals surface area contributed by atoms with Crippen LogP contribution in [0, 0.1) is 5.82 Å². The van der Waals surface area contributed by atoms with Crippen LogP contribution in [0.15, 0.2) is 54.9 Å². The lowest BCUT2D eigenvalue weighted by Gasteiger charge is -2.18. The summed E-state index contributed by atoms with van der Waals surface area (Å²) in [6, 6.07) is 9.28. The Balaban J connectivity index is 1.96. The summed E-state index contributed by atoms with van der Waals surface area (Å²) in [5.74, 6) is -1.84. The molecule has 3 N–H and O–H groups in total. The number of phenolic OH excluding ortho intramolecular Hbond substituents is 2. The molecule has 3 aromatic rings. The normalized spacial score (nSPS) is 11.9. The number of phenols is 2. The molecule has 0 fully saturated rings. The van der Waals surface area contributed by atoms with E-state index in [1.807, 2.05) is 0 Å². The van der Waals surface area contributed by atoms with E-state index in [2.05, 4.69) is 10.4 Å². The number of hydrogen-bond acceptors (Lipinski definition) is 4. The quantitative estimate of drug-likeness (QED) is 0.636. The lowest BCUT2D eigenvalue weighted by molar-refractivity contribution is 0.0939. The molecule has 25 heavy (non-hydrogen) atoms. The summed E-state index contributed by atoms with van der Waals surface area (Å²) in [6.07, 6.45) is 3.33. The molecule has 0 radical (unpaired) electrons. The zero-order valence-electron chi connectivity index (χ0n) is 13.3. The van der Waals surface area contributed by atoms with Crippen molar-refractivity contribution < 1.29 is 19.4 Å². The molecule has 1 atom stereocenters. The Kier molecular flexibility index (Phi) is 4.38. The summed E-state index contributed by atoms with van der Waals surface area (Å²) in [4.78, 5) is 12.6. The van der Waals surface area contributed by atoms with E-state index in [0.717, 1.165) is 0 Å². The number of carbonyl (C=O) groups excluding carboxylic acids is 1. The van der Waals surface area contributed by atoms with Crippen molar-refractivity contribution >= 4 is 5.91 Å². The lowest BCUT2D eigenvalue weighted by atomic mass is 10.0. The van der Waals surface area contributed by atoms with E-state index >= 15 is 0 Å². The van der Waals surface area contributed by atoms with Crippen molar-refractivity contribution in [2.24, 2.45) is 7.05 Å². The largest absolute Gasteiger partial charge is 0.504 e. The molecule has 0 aliphatic rings. The maximum Gasteiger partial charge on any atom is 0.255 e. The van der Waals surface area contributed by atoms with Crippen LogP contribution in [-0.4, -0.2) is 25.9 Å². The zero-order chi connectivity index (χ0) is 18.0. The number of halogens is 1. The maximum atomic E-state index is 13.2. The molecule has 0 saturated heterocycles. The van der Waals surface area contributed by atoms with Crippen LogP contribution in [0.4, 0.5) is 4.39 Å². The van der Waals surface area contributed by atoms with Crippen LogP contribution in [0.25, 0.3) is 0 Å². The van der Waals surface area contributed by atoms with E-state index in [1.165, 1.54) is 30.3 Å². The van der Waals surface area contributed by atoms with Gasteiger partial charge in [-0.05, 0) is 29.8 Å². The number of aryl methyl sites for hydroxylation is 1. The Morgan fingerprint density at radius 3 is 2.52 bits per heavy atom. The molecule has 1 heterocycles. The second kappa shape index (κ2) is 6.64. The first-order chi connectivity index (χ1) is 12.0. The number of carbonyl (C=O) groups is 1. The molecule has 0 aliphatic heterocycles. The summed E-state index contributed by atoms with van der Waals surface area (Å²) < 4.78 is 14.8. The third-order valence-electron chi connectivity index (χ3n) is 3.80. The molecule has 1 amide bonds. The van der Waals surface area contributed by atoms with Gasteiger partial charge in [0.2, 0.25) is 0 Å². The average molecular weight is 341 g/mol. The van der Waals surface area contributed by atoms with Gasteiger partial charge in [-0.1, -0.05) is 18.2 Å². The summed E-state index contributed by atoms with van der Waals surface area (Å²) in [7, 11) is 1.74. The van der Waals surface area contributed by atoms with Gasteiger partial charge in [0.05, 0.1) is 17.8 Å². The van der Waals surface area contributed by atoms with Crippen LogP contribution in [-0.2, 0) is 7.05 Å². The third-order valence-corrected chi connectivity index (χ3v) is 3.80. The lowest BCUT2D eigenvalue weighted by Crippen LogP contribution is -2.29. The van der Waals surface area contributed by atoms with Crippen LogP contribution in [0.1, 0.15) is 27.5 Å². The van der Waals surface area contributed by atoms with Gasteiger partial charge in [0, 0.05) is 18.8 Å². The Hall–Kier alpha value is -3.35. The number of amides is 1. The highest BCUT2D eigenvalue weighted by molar-refractivity contribution is 5.98. The molecule has 7 heteroatoms. The van der Waals surface area contributed by atoms with Gasteiger partial charge in [-0.3, -0.25) is 9.48 Å². The van der Waals surface area contributed by atoms with E-state index in [1.54, 1.807) is 36.3 Å². The number of hydrogen-bond donors (Lipinski definition) is 3. The van der Waals surface area contributed by atoms with Crippen molar-refractivity contribution in [3.8, 4) is 11.5 Å². The molecule has 6 nitrogen and oxygen atoms in total. The second-order valence-electron chi connectivity index (χ2n) is 5.58. The van der Waals surface area contributed by atoms with Gasteiger partial charge in [-0.2, -0.15) is 5.10 Å². The predicted molar refractivity (Wildman–Crippen MR) is 88.7 cm³/mol. The molecule has 0 saturated carbocycles. The molecule has 0 unspecified atom stereocenters. The maximum absolute atomic E-state index is 13.2. The Bertz CT molecular complexity index is 906. The highest BCUT2D eigenvalue weighted by Crippen LogP contribution is 2.29. The average Bonchev–Trinajstić information content (AvgIpc) is 3.02. The number of nitrogens with zero attached hydrogens (tertiary/aromatic N) is 2. The third kappa shape index (κ3) is 3.45. The number of aromatic hydroxyl groups is 2. The minimum Gasteiger partial charge on any atom is -0.504 e. The standard InChI is InChI=1S/C18H16FN3O3/c1-22-10-12(9-20-22)16(11-5-7-13(19)8-6-11)21-18(25)14-3-2-4-15(23)17(14)24/h2-10,16,23-24H,1H3,(H,21,25)/t16-/m1/s1. The molecule has 0 bridgehead atoms. The Labute approximate surface area is 143 Å². The molecule has 1 aromatic heterocycles. The van der Waals surface area contributed by atoms with Crippen molar-refractivity contribution in [1.29, 1.82) is 0 Å². The van der Waals surface area contributed by atoms with Gasteiger partial charge in [0.1, 0.15) is 5.82 Å². The minimum atomic E-state index is -0.594. The van der Waals surface area contributed by atoms with E-state index in [9.17, 15) is 19.4 Å². The van der Waals surface area contributed by atoms with Crippen LogP contribution in [0.2, 0.25) is 0 Å². The van der Waals surface area contributed by atoms with Gasteiger partial charge >= 0.3 is 0 Å². The van der Waals surface area contributed by atoms with Gasteiger partial charge in [0.15, 0.2) is 11.5 Å². The molecule has 0 spiro atoms. The minimum absolute atomic E-state index is 0.0593. The SMILES string of the molecule is Cn1cc([C@H](NC(=O)c2cccc(O)c2O)c2ccc(F)cc2)cn1. The number of para-hydroxylation sites is 1. The summed E-state index contributed by atoms with van der Waals surface area (Å²) in [6.45, 7) is 0. The Morgan fingerprint density at radius 1 is 1.16 bits per heavy atom. The van der Waals surface area contributed by atoms with Crippen LogP contribution in [0.3, 0.4) is 0 Å². The molecule has 0 aliphatic carbocycles. The van der Waals surface area contributed by atoms with E-state index < -0.39 is 17.7 Å². The van der Waals surface area contributed by atoms with Gasteiger partial charge in [-0.25, -0.2) is 4.39 Å². The Morgan fingerprint density at radius 2 is 1.88 bits per heavy atom. The predicted octanol–water partition coefficient (Wildman–Crippen LogP) is 2.49. The highest BCUT2D eigenvalue weighted by Gasteiger charge is 2.22. The number of nitrogens with one attached hydrogen (secondary N) is 1. The van der Waals surface area contributed by atoms with Crippen molar-refractivity contribution in [3.63, 3.8) is 0 Å². The summed E-state index contributed by atoms with van der Waals surface area (Å²) >= 11 is 0. The van der Waals surface area contributed by atoms with Crippen LogP contribution >= 0.6 is 0 Å². The van der Waals surface area contributed by atoms with Crippen molar-refractivity contribution in [3.05, 3.63) is 77.4 Å². The van der Waals surface area contributed by atoms with E-state index in [-0.39, 0.29) is 17.1 Å². The monoisotopic (exact) mass is 341 g/mol. The summed E-state index contributed by atoms with van der Waals surface area (Å²) in [5, 5.41) is 26.3. The first-order valence-corrected chi connectivity index (χ1v) is 7.51. The molecular weight excluding hydrogens is 325 g/mol. The topological polar surface area (TPSA) is 87.4 Å². The second-order valence-corrected chi connectivity index (χ2v) is 5.58. The van der Waals surface area contributed by atoms with Crippen LogP contribution in [0.5, 0.6) is 11.5 Å². The number of rotatable bonds is 4. The first kappa shape index (κ1) is 16.5. The fourth-order valence-corrected chi connectivity index (χ4v) is 2.53. The zero-order valence-corrected chi connectivity index (χ0v) is 13.3. The van der Waals surface area contributed by atoms with Gasteiger partial charge in [0.25, 0.3) is 5.91 Å². The fourth-order valence-electron chi connectivity index (χ4n) is 2.53. The number of aromatic nitrogens is 2. The molecule has 2 aromatic carbocycles. The number of benzene rings is 2. The first-order valence-electron chi connectivity index (χ1n) is 7.51. The van der Waals surface area contributed by atoms with Gasteiger partial charge in [-0.15, -0.1) is 0 Å². The van der Waals surface area contributed by atoms with Gasteiger partial charge < -0.3 is 15.5 Å². The van der Waals surface area contributed by atoms with Crippen LogP contribution < -0.4 is 5.32 Å². The van der Waals surface area contributed by atoms with E-state index in [0.29, 0.717) is 11.1 Å².